The van der Waals surface area contributed by atoms with Crippen LogP contribution in [0, 0.1) is 33.5 Å². The van der Waals surface area contributed by atoms with Gasteiger partial charge in [0.05, 0.1) is 25.4 Å². The molecule has 1 spiro atoms. The molecule has 25 heavy (non-hydrogen) atoms. The first-order valence-electron chi connectivity index (χ1n) is 7.81. The average molecular weight is 337 g/mol. The van der Waals surface area contributed by atoms with E-state index in [0.717, 1.165) is 5.56 Å². The first kappa shape index (κ1) is 15.6. The molecule has 1 amide bonds. The van der Waals surface area contributed by atoms with Gasteiger partial charge >= 0.3 is 0 Å². The molecule has 1 saturated heterocycles. The Balaban J connectivity index is 1.79. The van der Waals surface area contributed by atoms with Crippen molar-refractivity contribution in [2.75, 3.05) is 18.5 Å². The molecule has 8 heteroatoms. The van der Waals surface area contributed by atoms with Gasteiger partial charge in [-0.2, -0.15) is 10.5 Å². The van der Waals surface area contributed by atoms with Gasteiger partial charge in [-0.25, -0.2) is 4.99 Å². The van der Waals surface area contributed by atoms with Crippen molar-refractivity contribution in [3.63, 3.8) is 0 Å². The van der Waals surface area contributed by atoms with Crippen molar-refractivity contribution in [3.8, 4) is 12.1 Å². The Morgan fingerprint density at radius 1 is 1.28 bits per heavy atom. The average Bonchev–Trinajstić information content (AvgIpc) is 2.83. The van der Waals surface area contributed by atoms with Crippen LogP contribution in [0.25, 0.3) is 0 Å². The molecule has 0 aromatic heterocycles. The molecule has 0 radical (unpaired) electrons. The highest BCUT2D eigenvalue weighted by Crippen LogP contribution is 2.82. The summed E-state index contributed by atoms with van der Waals surface area (Å²) in [5, 5.41) is 22.5. The fourth-order valence-electron chi connectivity index (χ4n) is 4.18. The number of rotatable bonds is 2. The van der Waals surface area contributed by atoms with E-state index in [1.165, 1.54) is 6.92 Å². The summed E-state index contributed by atoms with van der Waals surface area (Å²) in [4.78, 5) is 15.4. The van der Waals surface area contributed by atoms with Gasteiger partial charge in [0, 0.05) is 18.5 Å². The number of anilines is 1. The molecule has 3 unspecified atom stereocenters. The summed E-state index contributed by atoms with van der Waals surface area (Å²) in [6.07, 6.45) is 0. The van der Waals surface area contributed by atoms with Crippen LogP contribution in [0.3, 0.4) is 0 Å². The molecule has 2 heterocycles. The van der Waals surface area contributed by atoms with Crippen LogP contribution in [-0.4, -0.2) is 30.9 Å². The van der Waals surface area contributed by atoms with Crippen LogP contribution in [-0.2, 0) is 14.3 Å². The van der Waals surface area contributed by atoms with Gasteiger partial charge in [0.2, 0.25) is 5.91 Å². The lowest BCUT2D eigenvalue weighted by atomic mass is 9.94. The normalized spacial score (nSPS) is 33.9. The van der Waals surface area contributed by atoms with Gasteiger partial charge in [-0.3, -0.25) is 4.79 Å². The summed E-state index contributed by atoms with van der Waals surface area (Å²) in [6, 6.07) is 11.4. The molecule has 3 aliphatic rings. The summed E-state index contributed by atoms with van der Waals surface area (Å²) in [7, 11) is 0. The second-order valence-corrected chi connectivity index (χ2v) is 6.35. The minimum absolute atomic E-state index is 0.0642. The van der Waals surface area contributed by atoms with Crippen LogP contribution in [0.15, 0.2) is 29.3 Å². The number of nitrogens with one attached hydrogen (secondary N) is 1. The maximum absolute atomic E-state index is 11.1. The van der Waals surface area contributed by atoms with Crippen molar-refractivity contribution in [3.05, 3.63) is 29.8 Å². The standard InChI is InChI=1S/C17H15N5O3/c1-10(23)21-12-4-2-11(3-5-12)13-15(8-18)14(20)22-17(16(13,15)9-19)24-6-7-25-17/h2-5,13H,6-7H2,1H3,(H2,20,22)(H,21,23). The molecule has 2 fully saturated rings. The zero-order chi connectivity index (χ0) is 17.9. The molecule has 8 nitrogen and oxygen atoms in total. The number of carbonyl (C=O) groups excluding carboxylic acids is 1. The topological polar surface area (TPSA) is 134 Å². The summed E-state index contributed by atoms with van der Waals surface area (Å²) >= 11 is 0. The number of hydrogen-bond donors (Lipinski definition) is 2. The molecule has 1 aromatic carbocycles. The number of nitrogens with zero attached hydrogens (tertiary/aromatic N) is 3. The Labute approximate surface area is 143 Å². The number of nitrogens with two attached hydrogens (primary N) is 1. The van der Waals surface area contributed by atoms with Gasteiger partial charge in [0.15, 0.2) is 5.41 Å². The second-order valence-electron chi connectivity index (χ2n) is 6.35. The molecule has 1 aliphatic carbocycles. The molecular weight excluding hydrogens is 322 g/mol. The molecule has 3 atom stereocenters. The Hall–Kier alpha value is -2.94. The van der Waals surface area contributed by atoms with Crippen LogP contribution in [0.1, 0.15) is 18.4 Å². The Bertz CT molecular complexity index is 875. The van der Waals surface area contributed by atoms with Crippen molar-refractivity contribution in [2.24, 2.45) is 21.6 Å². The maximum atomic E-state index is 11.1. The van der Waals surface area contributed by atoms with Crippen LogP contribution >= 0.6 is 0 Å². The molecule has 3 N–H and O–H groups in total. The minimum Gasteiger partial charge on any atom is -0.386 e. The van der Waals surface area contributed by atoms with Gasteiger partial charge < -0.3 is 20.5 Å². The highest BCUT2D eigenvalue weighted by molar-refractivity contribution is 6.00. The van der Waals surface area contributed by atoms with Crippen molar-refractivity contribution >= 4 is 17.4 Å². The number of carbonyl (C=O) groups is 1. The molecule has 1 saturated carbocycles. The van der Waals surface area contributed by atoms with Crippen LogP contribution in [0.4, 0.5) is 5.69 Å². The van der Waals surface area contributed by atoms with E-state index in [-0.39, 0.29) is 25.0 Å². The third-order valence-electron chi connectivity index (χ3n) is 5.17. The van der Waals surface area contributed by atoms with Gasteiger partial charge in [-0.15, -0.1) is 0 Å². The zero-order valence-electron chi connectivity index (χ0n) is 13.4. The first-order valence-corrected chi connectivity index (χ1v) is 7.81. The molecule has 1 aromatic rings. The predicted octanol–water partition coefficient (Wildman–Crippen LogP) is 0.834. The Morgan fingerprint density at radius 3 is 2.44 bits per heavy atom. The molecule has 0 bridgehead atoms. The zero-order valence-corrected chi connectivity index (χ0v) is 13.4. The van der Waals surface area contributed by atoms with Crippen molar-refractivity contribution in [1.29, 1.82) is 10.5 Å². The smallest absolute Gasteiger partial charge is 0.293 e. The number of benzene rings is 1. The van der Waals surface area contributed by atoms with E-state index in [4.69, 9.17) is 15.2 Å². The number of fused-ring (bicyclic) bond motifs is 2. The third-order valence-corrected chi connectivity index (χ3v) is 5.17. The Kier molecular flexibility index (Phi) is 2.99. The second kappa shape index (κ2) is 4.79. The van der Waals surface area contributed by atoms with Gasteiger partial charge in [0.1, 0.15) is 11.3 Å². The van der Waals surface area contributed by atoms with E-state index in [2.05, 4.69) is 22.4 Å². The number of amidine groups is 1. The molecular formula is C17H15N5O3. The Morgan fingerprint density at radius 2 is 1.92 bits per heavy atom. The monoisotopic (exact) mass is 337 g/mol. The van der Waals surface area contributed by atoms with E-state index >= 15 is 0 Å². The van der Waals surface area contributed by atoms with Gasteiger partial charge in [0.25, 0.3) is 5.91 Å². The van der Waals surface area contributed by atoms with Crippen molar-refractivity contribution in [1.82, 2.24) is 0 Å². The molecule has 2 aliphatic heterocycles. The largest absolute Gasteiger partial charge is 0.386 e. The van der Waals surface area contributed by atoms with E-state index in [1.807, 2.05) is 0 Å². The van der Waals surface area contributed by atoms with Crippen molar-refractivity contribution in [2.45, 2.75) is 18.8 Å². The molecule has 4 rings (SSSR count). The first-order chi connectivity index (χ1) is 12.0. The quantitative estimate of drug-likeness (QED) is 0.821. The minimum atomic E-state index is -1.53. The third kappa shape index (κ3) is 1.60. The lowest BCUT2D eigenvalue weighted by Gasteiger charge is -2.25. The van der Waals surface area contributed by atoms with E-state index in [0.29, 0.717) is 5.69 Å². The van der Waals surface area contributed by atoms with Crippen LogP contribution in [0.2, 0.25) is 0 Å². The van der Waals surface area contributed by atoms with Gasteiger partial charge in [-0.05, 0) is 17.7 Å². The van der Waals surface area contributed by atoms with E-state index < -0.39 is 22.7 Å². The van der Waals surface area contributed by atoms with Crippen molar-refractivity contribution < 1.29 is 14.3 Å². The number of aliphatic imine (C=N–C) groups is 1. The maximum Gasteiger partial charge on any atom is 0.293 e. The summed E-state index contributed by atoms with van der Waals surface area (Å²) in [6.45, 7) is 2.00. The summed E-state index contributed by atoms with van der Waals surface area (Å²) in [5.41, 5.74) is 4.85. The number of nitriles is 2. The highest BCUT2D eigenvalue weighted by Gasteiger charge is 2.94. The van der Waals surface area contributed by atoms with E-state index in [9.17, 15) is 15.3 Å². The lowest BCUT2D eigenvalue weighted by Crippen LogP contribution is -2.38. The summed E-state index contributed by atoms with van der Waals surface area (Å²) < 4.78 is 11.3. The fourth-order valence-corrected chi connectivity index (χ4v) is 4.18. The van der Waals surface area contributed by atoms with Crippen LogP contribution < -0.4 is 11.1 Å². The number of hydrogen-bond acceptors (Lipinski definition) is 7. The van der Waals surface area contributed by atoms with Gasteiger partial charge in [-0.1, -0.05) is 12.1 Å². The van der Waals surface area contributed by atoms with E-state index in [1.54, 1.807) is 24.3 Å². The molecule has 126 valence electrons. The highest BCUT2D eigenvalue weighted by atomic mass is 16.8. The SMILES string of the molecule is CC(=O)Nc1ccc(C2C3(C#N)C(N)=NC4(OCCO4)C23C#N)cc1. The van der Waals surface area contributed by atoms with Crippen LogP contribution in [0.5, 0.6) is 0 Å². The number of ether oxygens (including phenoxy) is 2. The fraction of sp³-hybridized carbons (Fsp3) is 0.412. The number of amides is 1. The lowest BCUT2D eigenvalue weighted by molar-refractivity contribution is -0.184. The predicted molar refractivity (Wildman–Crippen MR) is 85.8 cm³/mol. The summed E-state index contributed by atoms with van der Waals surface area (Å²) in [5.74, 6) is -2.16.